The van der Waals surface area contributed by atoms with Crippen molar-refractivity contribution in [2.45, 2.75) is 24.9 Å². The Labute approximate surface area is 106 Å². The number of carbonyl (C=O) groups is 1. The van der Waals surface area contributed by atoms with Crippen LogP contribution in [0.1, 0.15) is 30.6 Å². The second-order valence-electron chi connectivity index (χ2n) is 5.05. The molecule has 2 aliphatic rings. The quantitative estimate of drug-likeness (QED) is 0.764. The molecule has 98 valence electrons. The van der Waals surface area contributed by atoms with E-state index in [0.29, 0.717) is 6.04 Å². The Morgan fingerprint density at radius 2 is 2.17 bits per heavy atom. The van der Waals surface area contributed by atoms with Crippen LogP contribution in [0.2, 0.25) is 0 Å². The number of primary amides is 1. The van der Waals surface area contributed by atoms with Crippen LogP contribution in [0.4, 0.5) is 0 Å². The number of rotatable bonds is 4. The van der Waals surface area contributed by atoms with Gasteiger partial charge < -0.3 is 15.6 Å². The first kappa shape index (κ1) is 11.7. The summed E-state index contributed by atoms with van der Waals surface area (Å²) in [6.45, 7) is 3.51. The van der Waals surface area contributed by atoms with Crippen LogP contribution in [0, 0.1) is 0 Å². The minimum Gasteiger partial charge on any atom is -0.368 e. The second kappa shape index (κ2) is 4.70. The van der Waals surface area contributed by atoms with Crippen molar-refractivity contribution < 1.29 is 4.79 Å². The smallest absolute Gasteiger partial charge is 0.240 e. The lowest BCUT2D eigenvalue weighted by molar-refractivity contribution is -0.124. The van der Waals surface area contributed by atoms with Gasteiger partial charge in [-0.2, -0.15) is 0 Å². The Balaban J connectivity index is 1.87. The van der Waals surface area contributed by atoms with E-state index in [1.165, 1.54) is 12.8 Å². The molecule has 6 heteroatoms. The molecule has 1 atom stereocenters. The maximum atomic E-state index is 11.8. The molecular weight excluding hydrogens is 230 g/mol. The molecule has 0 radical (unpaired) electrons. The molecule has 1 aliphatic heterocycles. The highest BCUT2D eigenvalue weighted by molar-refractivity contribution is 5.81. The van der Waals surface area contributed by atoms with Gasteiger partial charge in [0.05, 0.1) is 18.2 Å². The van der Waals surface area contributed by atoms with Crippen LogP contribution in [0.25, 0.3) is 0 Å². The second-order valence-corrected chi connectivity index (χ2v) is 5.05. The SMILES string of the molecule is NC(=O)C(c1cncn1C1CC1)N1CCNCC1. The Morgan fingerprint density at radius 1 is 1.44 bits per heavy atom. The third kappa shape index (κ3) is 2.13. The summed E-state index contributed by atoms with van der Waals surface area (Å²) in [5.74, 6) is -0.278. The van der Waals surface area contributed by atoms with Gasteiger partial charge in [-0.05, 0) is 12.8 Å². The van der Waals surface area contributed by atoms with Gasteiger partial charge in [-0.3, -0.25) is 9.69 Å². The number of carbonyl (C=O) groups excluding carboxylic acids is 1. The topological polar surface area (TPSA) is 76.2 Å². The fourth-order valence-electron chi connectivity index (χ4n) is 2.64. The lowest BCUT2D eigenvalue weighted by Crippen LogP contribution is -2.49. The van der Waals surface area contributed by atoms with E-state index in [2.05, 4.69) is 19.8 Å². The van der Waals surface area contributed by atoms with Gasteiger partial charge in [0.25, 0.3) is 0 Å². The number of hydrogen-bond acceptors (Lipinski definition) is 4. The highest BCUT2D eigenvalue weighted by atomic mass is 16.1. The summed E-state index contributed by atoms with van der Waals surface area (Å²) < 4.78 is 2.12. The average Bonchev–Trinajstić information content (AvgIpc) is 3.11. The van der Waals surface area contributed by atoms with E-state index in [9.17, 15) is 4.79 Å². The van der Waals surface area contributed by atoms with Gasteiger partial charge in [0.2, 0.25) is 5.91 Å². The molecule has 0 aromatic carbocycles. The van der Waals surface area contributed by atoms with Gasteiger partial charge >= 0.3 is 0 Å². The molecule has 6 nitrogen and oxygen atoms in total. The van der Waals surface area contributed by atoms with E-state index < -0.39 is 0 Å². The third-order valence-corrected chi connectivity index (χ3v) is 3.70. The molecule has 0 bridgehead atoms. The summed E-state index contributed by atoms with van der Waals surface area (Å²) in [5.41, 5.74) is 6.56. The number of amides is 1. The molecule has 0 spiro atoms. The van der Waals surface area contributed by atoms with Crippen LogP contribution >= 0.6 is 0 Å². The van der Waals surface area contributed by atoms with Crippen LogP contribution in [0.3, 0.4) is 0 Å². The predicted molar refractivity (Wildman–Crippen MR) is 66.9 cm³/mol. The van der Waals surface area contributed by atoms with Crippen LogP contribution in [-0.2, 0) is 4.79 Å². The lowest BCUT2D eigenvalue weighted by atomic mass is 10.1. The standard InChI is InChI=1S/C12H19N5O/c13-12(18)11(16-5-3-14-4-6-16)10-7-15-8-17(10)9-1-2-9/h7-9,11,14H,1-6H2,(H2,13,18). The molecule has 1 aliphatic carbocycles. The monoisotopic (exact) mass is 249 g/mol. The zero-order chi connectivity index (χ0) is 12.5. The Hall–Kier alpha value is -1.40. The molecule has 3 rings (SSSR count). The average molecular weight is 249 g/mol. The molecule has 1 amide bonds. The number of piperazine rings is 1. The number of imidazole rings is 1. The first-order chi connectivity index (χ1) is 8.77. The van der Waals surface area contributed by atoms with Gasteiger partial charge in [-0.25, -0.2) is 4.98 Å². The van der Waals surface area contributed by atoms with Crippen LogP contribution < -0.4 is 11.1 Å². The molecule has 3 N–H and O–H groups in total. The van der Waals surface area contributed by atoms with E-state index in [4.69, 9.17) is 5.73 Å². The van der Waals surface area contributed by atoms with E-state index in [1.807, 2.05) is 6.33 Å². The molecule has 1 aromatic heterocycles. The Morgan fingerprint density at radius 3 is 2.78 bits per heavy atom. The van der Waals surface area contributed by atoms with Crippen molar-refractivity contribution in [2.75, 3.05) is 26.2 Å². The molecule has 1 unspecified atom stereocenters. The van der Waals surface area contributed by atoms with E-state index in [0.717, 1.165) is 31.9 Å². The molecule has 18 heavy (non-hydrogen) atoms. The Kier molecular flexibility index (Phi) is 3.05. The van der Waals surface area contributed by atoms with Gasteiger partial charge in [0, 0.05) is 32.2 Å². The molecule has 1 aromatic rings. The highest BCUT2D eigenvalue weighted by Gasteiger charge is 2.33. The summed E-state index contributed by atoms with van der Waals surface area (Å²) in [4.78, 5) is 18.2. The van der Waals surface area contributed by atoms with E-state index >= 15 is 0 Å². The first-order valence-corrected chi connectivity index (χ1v) is 6.53. The number of aromatic nitrogens is 2. The van der Waals surface area contributed by atoms with Gasteiger partial charge in [0.15, 0.2) is 0 Å². The number of nitrogens with one attached hydrogen (secondary N) is 1. The van der Waals surface area contributed by atoms with Crippen LogP contribution in [-0.4, -0.2) is 46.5 Å². The van der Waals surface area contributed by atoms with Crippen molar-refractivity contribution in [1.82, 2.24) is 19.8 Å². The molecule has 2 fully saturated rings. The fourth-order valence-corrected chi connectivity index (χ4v) is 2.64. The van der Waals surface area contributed by atoms with Crippen LogP contribution in [0.15, 0.2) is 12.5 Å². The zero-order valence-corrected chi connectivity index (χ0v) is 10.4. The van der Waals surface area contributed by atoms with E-state index in [-0.39, 0.29) is 11.9 Å². The largest absolute Gasteiger partial charge is 0.368 e. The van der Waals surface area contributed by atoms with Crippen molar-refractivity contribution in [1.29, 1.82) is 0 Å². The van der Waals surface area contributed by atoms with E-state index in [1.54, 1.807) is 6.20 Å². The number of hydrogen-bond donors (Lipinski definition) is 2. The predicted octanol–water partition coefficient (Wildman–Crippen LogP) is -0.350. The molecule has 1 saturated heterocycles. The van der Waals surface area contributed by atoms with Crippen LogP contribution in [0.5, 0.6) is 0 Å². The normalized spacial score (nSPS) is 22.9. The lowest BCUT2D eigenvalue weighted by Gasteiger charge is -2.33. The van der Waals surface area contributed by atoms with Gasteiger partial charge in [-0.1, -0.05) is 0 Å². The number of nitrogens with two attached hydrogens (primary N) is 1. The minimum atomic E-state index is -0.338. The third-order valence-electron chi connectivity index (χ3n) is 3.70. The summed E-state index contributed by atoms with van der Waals surface area (Å²) in [5, 5.41) is 3.29. The van der Waals surface area contributed by atoms with Crippen molar-refractivity contribution in [3.05, 3.63) is 18.2 Å². The van der Waals surface area contributed by atoms with Crippen molar-refractivity contribution in [2.24, 2.45) is 5.73 Å². The minimum absolute atomic E-state index is 0.278. The molecule has 1 saturated carbocycles. The maximum Gasteiger partial charge on any atom is 0.240 e. The Bertz CT molecular complexity index is 433. The first-order valence-electron chi connectivity index (χ1n) is 6.53. The summed E-state index contributed by atoms with van der Waals surface area (Å²) in [6.07, 6.45) is 5.97. The zero-order valence-electron chi connectivity index (χ0n) is 10.4. The molecular formula is C12H19N5O. The summed E-state index contributed by atoms with van der Waals surface area (Å²) in [7, 11) is 0. The van der Waals surface area contributed by atoms with Gasteiger partial charge in [0.1, 0.15) is 6.04 Å². The fraction of sp³-hybridized carbons (Fsp3) is 0.667. The number of nitrogens with zero attached hydrogens (tertiary/aromatic N) is 3. The summed E-state index contributed by atoms with van der Waals surface area (Å²) in [6, 6.07) is 0.183. The summed E-state index contributed by atoms with van der Waals surface area (Å²) >= 11 is 0. The van der Waals surface area contributed by atoms with Crippen molar-refractivity contribution >= 4 is 5.91 Å². The van der Waals surface area contributed by atoms with Gasteiger partial charge in [-0.15, -0.1) is 0 Å². The van der Waals surface area contributed by atoms with Crippen molar-refractivity contribution in [3.63, 3.8) is 0 Å². The maximum absolute atomic E-state index is 11.8. The highest BCUT2D eigenvalue weighted by Crippen LogP contribution is 2.37. The molecule has 2 heterocycles. The van der Waals surface area contributed by atoms with Crippen molar-refractivity contribution in [3.8, 4) is 0 Å².